The van der Waals surface area contributed by atoms with Crippen molar-refractivity contribution in [3.8, 4) is 5.75 Å². The number of hydrogen-bond acceptors (Lipinski definition) is 4. The molecule has 0 spiro atoms. The van der Waals surface area contributed by atoms with E-state index < -0.39 is 10.0 Å². The Balaban J connectivity index is 2.41. The summed E-state index contributed by atoms with van der Waals surface area (Å²) in [4.78, 5) is 0.169. The Bertz CT molecular complexity index is 544. The summed E-state index contributed by atoms with van der Waals surface area (Å²) in [6, 6.07) is 6.27. The minimum absolute atomic E-state index is 0.144. The van der Waals surface area contributed by atoms with E-state index in [1.165, 1.54) is 11.4 Å². The number of hydrogen-bond donors (Lipinski definition) is 1. The number of methoxy groups -OCH3 is 1. The van der Waals surface area contributed by atoms with E-state index in [4.69, 9.17) is 4.74 Å². The molecular weight excluding hydrogens is 278 g/mol. The maximum Gasteiger partial charge on any atom is 0.247 e. The lowest BCUT2D eigenvalue weighted by Crippen LogP contribution is -2.42. The number of para-hydroxylation sites is 1. The third kappa shape index (κ3) is 2.97. The van der Waals surface area contributed by atoms with E-state index in [9.17, 15) is 13.5 Å². The highest BCUT2D eigenvalue weighted by molar-refractivity contribution is 7.89. The van der Waals surface area contributed by atoms with Gasteiger partial charge in [0.1, 0.15) is 10.6 Å². The van der Waals surface area contributed by atoms with Crippen molar-refractivity contribution in [2.24, 2.45) is 0 Å². The molecule has 6 heteroatoms. The first-order chi connectivity index (χ1) is 9.61. The number of sulfonamides is 1. The van der Waals surface area contributed by atoms with Gasteiger partial charge in [0.05, 0.1) is 13.7 Å². The fourth-order valence-electron chi connectivity index (χ4n) is 2.61. The van der Waals surface area contributed by atoms with E-state index in [1.54, 1.807) is 24.3 Å². The predicted molar refractivity (Wildman–Crippen MR) is 76.2 cm³/mol. The lowest BCUT2D eigenvalue weighted by molar-refractivity contribution is 0.186. The van der Waals surface area contributed by atoms with Crippen LogP contribution in [0.25, 0.3) is 0 Å². The van der Waals surface area contributed by atoms with Crippen LogP contribution in [0.2, 0.25) is 0 Å². The van der Waals surface area contributed by atoms with Crippen LogP contribution >= 0.6 is 0 Å². The molecule has 1 aromatic carbocycles. The van der Waals surface area contributed by atoms with Gasteiger partial charge < -0.3 is 9.84 Å². The van der Waals surface area contributed by atoms with Crippen LogP contribution in [0, 0.1) is 0 Å². The van der Waals surface area contributed by atoms with Crippen LogP contribution in [0.3, 0.4) is 0 Å². The summed E-state index contributed by atoms with van der Waals surface area (Å²) in [7, 11) is -2.18. The summed E-state index contributed by atoms with van der Waals surface area (Å²) >= 11 is 0. The van der Waals surface area contributed by atoms with Gasteiger partial charge in [-0.05, 0) is 25.0 Å². The maximum absolute atomic E-state index is 12.8. The summed E-state index contributed by atoms with van der Waals surface area (Å²) in [5.41, 5.74) is 0. The highest BCUT2D eigenvalue weighted by atomic mass is 32.2. The molecule has 20 heavy (non-hydrogen) atoms. The summed E-state index contributed by atoms with van der Waals surface area (Å²) in [5.74, 6) is 0.341. The smallest absolute Gasteiger partial charge is 0.247 e. The molecule has 0 aromatic heterocycles. The highest BCUT2D eigenvalue weighted by Gasteiger charge is 2.33. The van der Waals surface area contributed by atoms with Crippen molar-refractivity contribution in [1.82, 2.24) is 4.31 Å². The fraction of sp³-hybridized carbons (Fsp3) is 0.571. The Labute approximate surface area is 120 Å². The van der Waals surface area contributed by atoms with E-state index >= 15 is 0 Å². The van der Waals surface area contributed by atoms with Crippen LogP contribution < -0.4 is 4.74 Å². The number of rotatable bonds is 4. The lowest BCUT2D eigenvalue weighted by atomic mass is 10.1. The van der Waals surface area contributed by atoms with Gasteiger partial charge in [-0.25, -0.2) is 8.42 Å². The van der Waals surface area contributed by atoms with Crippen molar-refractivity contribution in [1.29, 1.82) is 0 Å². The largest absolute Gasteiger partial charge is 0.495 e. The molecular formula is C14H21NO4S. The molecule has 2 rings (SSSR count). The normalized spacial score (nSPS) is 21.4. The molecule has 1 heterocycles. The molecule has 1 atom stereocenters. The van der Waals surface area contributed by atoms with Crippen molar-refractivity contribution in [3.05, 3.63) is 24.3 Å². The van der Waals surface area contributed by atoms with E-state index in [1.807, 2.05) is 0 Å². The van der Waals surface area contributed by atoms with Crippen LogP contribution in [0.15, 0.2) is 29.2 Å². The molecule has 0 amide bonds. The predicted octanol–water partition coefficient (Wildman–Crippen LogP) is 1.62. The van der Waals surface area contributed by atoms with Crippen LogP contribution in [-0.2, 0) is 10.0 Å². The molecule has 1 N–H and O–H groups in total. The van der Waals surface area contributed by atoms with Crippen LogP contribution in [0.4, 0.5) is 0 Å². The molecule has 112 valence electrons. The monoisotopic (exact) mass is 299 g/mol. The molecule has 5 nitrogen and oxygen atoms in total. The van der Waals surface area contributed by atoms with Gasteiger partial charge >= 0.3 is 0 Å². The zero-order valence-electron chi connectivity index (χ0n) is 11.7. The summed E-state index contributed by atoms with van der Waals surface area (Å²) in [5, 5.41) is 9.49. The number of aliphatic hydroxyl groups is 1. The van der Waals surface area contributed by atoms with Crippen molar-refractivity contribution in [3.63, 3.8) is 0 Å². The van der Waals surface area contributed by atoms with Crippen LogP contribution in [-0.4, -0.2) is 44.1 Å². The first-order valence-electron chi connectivity index (χ1n) is 6.87. The van der Waals surface area contributed by atoms with Crippen LogP contribution in [0.5, 0.6) is 5.75 Å². The molecule has 1 aliphatic heterocycles. The zero-order valence-corrected chi connectivity index (χ0v) is 12.5. The molecule has 1 fully saturated rings. The molecule has 1 saturated heterocycles. The number of benzene rings is 1. The molecule has 1 aliphatic rings. The fourth-order valence-corrected chi connectivity index (χ4v) is 4.45. The summed E-state index contributed by atoms with van der Waals surface area (Å²) in [6.45, 7) is 0.306. The van der Waals surface area contributed by atoms with Gasteiger partial charge in [0.15, 0.2) is 0 Å². The Morgan fingerprint density at radius 2 is 2.05 bits per heavy atom. The first kappa shape index (κ1) is 15.3. The van der Waals surface area contributed by atoms with Crippen molar-refractivity contribution < 1.29 is 18.3 Å². The van der Waals surface area contributed by atoms with Gasteiger partial charge in [0, 0.05) is 12.6 Å². The van der Waals surface area contributed by atoms with E-state index in [2.05, 4.69) is 0 Å². The van der Waals surface area contributed by atoms with Gasteiger partial charge in [-0.3, -0.25) is 0 Å². The van der Waals surface area contributed by atoms with Gasteiger partial charge in [0.2, 0.25) is 10.0 Å². The van der Waals surface area contributed by atoms with Gasteiger partial charge in [-0.15, -0.1) is 0 Å². The Morgan fingerprint density at radius 3 is 2.75 bits per heavy atom. The molecule has 0 aliphatic carbocycles. The van der Waals surface area contributed by atoms with E-state index in [0.29, 0.717) is 18.7 Å². The second-order valence-corrected chi connectivity index (χ2v) is 6.81. The second-order valence-electron chi connectivity index (χ2n) is 4.95. The number of ether oxygens (including phenoxy) is 1. The molecule has 1 unspecified atom stereocenters. The minimum atomic E-state index is -3.64. The quantitative estimate of drug-likeness (QED) is 0.917. The third-order valence-electron chi connectivity index (χ3n) is 3.69. The molecule has 0 radical (unpaired) electrons. The Morgan fingerprint density at radius 1 is 1.30 bits per heavy atom. The van der Waals surface area contributed by atoms with Crippen molar-refractivity contribution in [2.75, 3.05) is 20.3 Å². The number of aliphatic hydroxyl groups excluding tert-OH is 1. The molecule has 0 saturated carbocycles. The SMILES string of the molecule is COc1ccccc1S(=O)(=O)N1CCCCCC1CO. The van der Waals surface area contributed by atoms with Crippen molar-refractivity contribution in [2.45, 2.75) is 36.6 Å². The maximum atomic E-state index is 12.8. The standard InChI is InChI=1S/C14H21NO4S/c1-19-13-8-4-5-9-14(13)20(17,18)15-10-6-2-3-7-12(15)11-16/h4-5,8-9,12,16H,2-3,6-7,10-11H2,1H3. The highest BCUT2D eigenvalue weighted by Crippen LogP contribution is 2.30. The average Bonchev–Trinajstić information content (AvgIpc) is 2.72. The Kier molecular flexibility index (Phi) is 5.01. The average molecular weight is 299 g/mol. The topological polar surface area (TPSA) is 66.8 Å². The number of nitrogens with zero attached hydrogens (tertiary/aromatic N) is 1. The lowest BCUT2D eigenvalue weighted by Gasteiger charge is -2.28. The zero-order chi connectivity index (χ0) is 14.6. The van der Waals surface area contributed by atoms with Gasteiger partial charge in [-0.2, -0.15) is 4.31 Å². The van der Waals surface area contributed by atoms with E-state index in [0.717, 1.165) is 19.3 Å². The van der Waals surface area contributed by atoms with Gasteiger partial charge in [0.25, 0.3) is 0 Å². The third-order valence-corrected chi connectivity index (χ3v) is 5.68. The minimum Gasteiger partial charge on any atom is -0.495 e. The first-order valence-corrected chi connectivity index (χ1v) is 8.31. The molecule has 0 bridgehead atoms. The van der Waals surface area contributed by atoms with E-state index in [-0.39, 0.29) is 17.5 Å². The molecule has 1 aromatic rings. The second kappa shape index (κ2) is 6.56. The summed E-state index contributed by atoms with van der Waals surface area (Å²) < 4.78 is 32.2. The Hall–Kier alpha value is -1.11. The van der Waals surface area contributed by atoms with Gasteiger partial charge in [-0.1, -0.05) is 25.0 Å². The van der Waals surface area contributed by atoms with Crippen molar-refractivity contribution >= 4 is 10.0 Å². The summed E-state index contributed by atoms with van der Waals surface area (Å²) in [6.07, 6.45) is 3.47. The van der Waals surface area contributed by atoms with Crippen LogP contribution in [0.1, 0.15) is 25.7 Å².